The quantitative estimate of drug-likeness (QED) is 0.416. The summed E-state index contributed by atoms with van der Waals surface area (Å²) in [5, 5.41) is 14.5. The van der Waals surface area contributed by atoms with Gasteiger partial charge in [0.25, 0.3) is 0 Å². The van der Waals surface area contributed by atoms with Crippen molar-refractivity contribution < 1.29 is 9.18 Å². The van der Waals surface area contributed by atoms with Gasteiger partial charge in [0, 0.05) is 4.88 Å². The summed E-state index contributed by atoms with van der Waals surface area (Å²) in [6, 6.07) is 13.6. The molecule has 3 heterocycles. The number of aromatic nitrogens is 3. The molecule has 142 valence electrons. The summed E-state index contributed by atoms with van der Waals surface area (Å²) in [6.07, 6.45) is 0. The van der Waals surface area contributed by atoms with E-state index in [1.165, 1.54) is 23.9 Å². The van der Waals surface area contributed by atoms with Gasteiger partial charge in [-0.3, -0.25) is 9.89 Å². The number of nitrogens with zero attached hydrogens (tertiary/aromatic N) is 2. The molecule has 0 aliphatic heterocycles. The van der Waals surface area contributed by atoms with Gasteiger partial charge in [-0.25, -0.2) is 9.37 Å². The molecule has 5 nitrogen and oxygen atoms in total. The van der Waals surface area contributed by atoms with Gasteiger partial charge in [-0.15, -0.1) is 27.8 Å². The molecule has 1 aromatic carbocycles. The van der Waals surface area contributed by atoms with Gasteiger partial charge in [0.15, 0.2) is 5.82 Å². The van der Waals surface area contributed by atoms with Crippen molar-refractivity contribution in [3.8, 4) is 10.7 Å². The van der Waals surface area contributed by atoms with Crippen molar-refractivity contribution >= 4 is 40.3 Å². The number of carbonyl (C=O) groups is 1. The van der Waals surface area contributed by atoms with Crippen molar-refractivity contribution in [2.24, 2.45) is 0 Å². The molecule has 28 heavy (non-hydrogen) atoms. The number of carbonyl (C=O) groups excluding carboxylic acids is 1. The minimum absolute atomic E-state index is 0.143. The first-order valence-corrected chi connectivity index (χ1v) is 11.1. The van der Waals surface area contributed by atoms with Crippen LogP contribution < -0.4 is 5.32 Å². The molecular formula is C19H15FN4OS3. The van der Waals surface area contributed by atoms with E-state index in [2.05, 4.69) is 20.5 Å². The molecule has 0 aliphatic carbocycles. The number of amides is 1. The average molecular weight is 431 g/mol. The number of aromatic amines is 1. The molecule has 0 bridgehead atoms. The number of thioether (sulfide) groups is 1. The lowest BCUT2D eigenvalue weighted by atomic mass is 10.1. The van der Waals surface area contributed by atoms with Crippen LogP contribution in [0.5, 0.6) is 0 Å². The minimum atomic E-state index is -0.317. The normalized spacial score (nSPS) is 12.0. The van der Waals surface area contributed by atoms with Crippen LogP contribution in [-0.2, 0) is 4.79 Å². The van der Waals surface area contributed by atoms with E-state index in [-0.39, 0.29) is 23.5 Å². The molecule has 9 heteroatoms. The third-order valence-electron chi connectivity index (χ3n) is 3.89. The van der Waals surface area contributed by atoms with Gasteiger partial charge in [0.2, 0.25) is 11.1 Å². The zero-order valence-electron chi connectivity index (χ0n) is 14.5. The first-order valence-electron chi connectivity index (χ1n) is 8.36. The van der Waals surface area contributed by atoms with Crippen LogP contribution in [0.1, 0.15) is 16.5 Å². The number of hydrogen-bond donors (Lipinski definition) is 2. The Bertz CT molecular complexity index is 1030. The van der Waals surface area contributed by atoms with E-state index in [9.17, 15) is 9.18 Å². The Hall–Kier alpha value is -2.49. The van der Waals surface area contributed by atoms with Crippen LogP contribution in [0.4, 0.5) is 4.39 Å². The maximum Gasteiger partial charge on any atom is 0.231 e. The molecule has 1 unspecified atom stereocenters. The molecule has 0 radical (unpaired) electrons. The van der Waals surface area contributed by atoms with Crippen molar-refractivity contribution in [3.05, 3.63) is 75.5 Å². The third-order valence-corrected chi connectivity index (χ3v) is 6.55. The Labute approximate surface area is 173 Å². The fraction of sp³-hybridized carbons (Fsp3) is 0.105. The van der Waals surface area contributed by atoms with Crippen molar-refractivity contribution in [2.45, 2.75) is 11.2 Å². The second kappa shape index (κ2) is 8.68. The van der Waals surface area contributed by atoms with E-state index in [0.717, 1.165) is 15.3 Å². The van der Waals surface area contributed by atoms with Crippen molar-refractivity contribution in [1.82, 2.24) is 20.5 Å². The van der Waals surface area contributed by atoms with Crippen molar-refractivity contribution in [1.29, 1.82) is 0 Å². The molecule has 4 aromatic rings. The topological polar surface area (TPSA) is 70.7 Å². The van der Waals surface area contributed by atoms with Gasteiger partial charge in [-0.1, -0.05) is 36.0 Å². The minimum Gasteiger partial charge on any atom is -0.344 e. The summed E-state index contributed by atoms with van der Waals surface area (Å²) in [4.78, 5) is 18.9. The molecule has 3 aromatic heterocycles. The van der Waals surface area contributed by atoms with E-state index >= 15 is 0 Å². The standard InChI is InChI=1S/C19H15FN4OS3/c20-13-7-5-12(6-8-13)17(14-3-1-9-26-14)21-16(25)11-28-19-22-18(23-24-19)15-4-2-10-27-15/h1-10,17H,11H2,(H,21,25)(H,22,23,24). The van der Waals surface area contributed by atoms with Crippen LogP contribution in [0, 0.1) is 5.82 Å². The van der Waals surface area contributed by atoms with Crippen LogP contribution >= 0.6 is 34.4 Å². The molecule has 4 rings (SSSR count). The number of hydrogen-bond acceptors (Lipinski definition) is 6. The second-order valence-corrected chi connectivity index (χ2v) is 8.67. The number of H-pyrrole nitrogens is 1. The smallest absolute Gasteiger partial charge is 0.231 e. The first kappa shape index (κ1) is 18.9. The summed E-state index contributed by atoms with van der Waals surface area (Å²) in [6.45, 7) is 0. The zero-order valence-corrected chi connectivity index (χ0v) is 16.9. The number of rotatable bonds is 7. The highest BCUT2D eigenvalue weighted by atomic mass is 32.2. The summed E-state index contributed by atoms with van der Waals surface area (Å²) in [5.41, 5.74) is 0.833. The third kappa shape index (κ3) is 4.49. The van der Waals surface area contributed by atoms with E-state index in [4.69, 9.17) is 0 Å². The van der Waals surface area contributed by atoms with Gasteiger partial charge in [0.1, 0.15) is 5.82 Å². The molecule has 0 fully saturated rings. The van der Waals surface area contributed by atoms with Crippen LogP contribution in [0.25, 0.3) is 10.7 Å². The Kier molecular flexibility index (Phi) is 5.84. The molecule has 0 aliphatic rings. The van der Waals surface area contributed by atoms with Crippen LogP contribution in [0.15, 0.2) is 64.4 Å². The van der Waals surface area contributed by atoms with Crippen LogP contribution in [-0.4, -0.2) is 26.8 Å². The molecule has 1 atom stereocenters. The number of halogens is 1. The fourth-order valence-electron chi connectivity index (χ4n) is 2.60. The predicted octanol–water partition coefficient (Wildman–Crippen LogP) is 4.73. The van der Waals surface area contributed by atoms with E-state index in [1.807, 2.05) is 35.0 Å². The highest BCUT2D eigenvalue weighted by Crippen LogP contribution is 2.27. The Morgan fingerprint density at radius 1 is 1.14 bits per heavy atom. The molecule has 0 saturated heterocycles. The summed E-state index contributed by atoms with van der Waals surface area (Å²) in [7, 11) is 0. The average Bonchev–Trinajstić information content (AvgIpc) is 3.47. The lowest BCUT2D eigenvalue weighted by Gasteiger charge is -2.18. The van der Waals surface area contributed by atoms with Gasteiger partial charge in [-0.05, 0) is 40.6 Å². The maximum absolute atomic E-state index is 13.3. The Morgan fingerprint density at radius 3 is 2.64 bits per heavy atom. The summed E-state index contributed by atoms with van der Waals surface area (Å²) >= 11 is 4.38. The van der Waals surface area contributed by atoms with Gasteiger partial charge in [-0.2, -0.15) is 0 Å². The van der Waals surface area contributed by atoms with Crippen LogP contribution in [0.2, 0.25) is 0 Å². The van der Waals surface area contributed by atoms with Crippen molar-refractivity contribution in [2.75, 3.05) is 5.75 Å². The first-order chi connectivity index (χ1) is 13.7. The zero-order chi connectivity index (χ0) is 19.3. The maximum atomic E-state index is 13.3. The number of thiophene rings is 2. The molecular weight excluding hydrogens is 415 g/mol. The lowest BCUT2D eigenvalue weighted by molar-refractivity contribution is -0.119. The van der Waals surface area contributed by atoms with Crippen LogP contribution in [0.3, 0.4) is 0 Å². The fourth-order valence-corrected chi connectivity index (χ4v) is 4.67. The number of benzene rings is 1. The number of nitrogens with one attached hydrogen (secondary N) is 2. The predicted molar refractivity (Wildman–Crippen MR) is 111 cm³/mol. The van der Waals surface area contributed by atoms with E-state index in [1.54, 1.807) is 34.8 Å². The Balaban J connectivity index is 1.41. The molecule has 1 amide bonds. The summed E-state index contributed by atoms with van der Waals surface area (Å²) < 4.78 is 13.3. The van der Waals surface area contributed by atoms with Crippen molar-refractivity contribution in [3.63, 3.8) is 0 Å². The van der Waals surface area contributed by atoms with E-state index in [0.29, 0.717) is 11.0 Å². The van der Waals surface area contributed by atoms with Gasteiger partial charge >= 0.3 is 0 Å². The van der Waals surface area contributed by atoms with E-state index < -0.39 is 0 Å². The second-order valence-electron chi connectivity index (χ2n) is 5.80. The molecule has 0 saturated carbocycles. The largest absolute Gasteiger partial charge is 0.344 e. The monoisotopic (exact) mass is 430 g/mol. The lowest BCUT2D eigenvalue weighted by Crippen LogP contribution is -2.30. The molecule has 0 spiro atoms. The highest BCUT2D eigenvalue weighted by Gasteiger charge is 2.19. The highest BCUT2D eigenvalue weighted by molar-refractivity contribution is 7.99. The Morgan fingerprint density at radius 2 is 1.93 bits per heavy atom. The summed E-state index contributed by atoms with van der Waals surface area (Å²) in [5.74, 6) is 0.433. The molecule has 2 N–H and O–H groups in total. The van der Waals surface area contributed by atoms with Gasteiger partial charge in [0.05, 0.1) is 16.7 Å². The van der Waals surface area contributed by atoms with Gasteiger partial charge < -0.3 is 5.32 Å². The SMILES string of the molecule is O=C(CSc1n[nH]c(-c2cccs2)n1)NC(c1ccc(F)cc1)c1cccs1.